The number of rotatable bonds is 2. The van der Waals surface area contributed by atoms with Crippen molar-refractivity contribution in [2.75, 3.05) is 0 Å². The number of para-hydroxylation sites is 2. The van der Waals surface area contributed by atoms with E-state index in [9.17, 15) is 0 Å². The van der Waals surface area contributed by atoms with Gasteiger partial charge in [-0.25, -0.2) is 4.57 Å². The lowest BCUT2D eigenvalue weighted by Gasteiger charge is -2.12. The highest BCUT2D eigenvalue weighted by molar-refractivity contribution is 6.12. The third kappa shape index (κ3) is 2.93. The van der Waals surface area contributed by atoms with Crippen molar-refractivity contribution in [3.8, 4) is 16.9 Å². The molecule has 0 bridgehead atoms. The van der Waals surface area contributed by atoms with Gasteiger partial charge in [0, 0.05) is 33.5 Å². The molecule has 0 spiro atoms. The predicted octanol–water partition coefficient (Wildman–Crippen LogP) is 7.89. The second kappa shape index (κ2) is 7.54. The third-order valence-corrected chi connectivity index (χ3v) is 7.36. The first-order valence-corrected chi connectivity index (χ1v) is 12.1. The van der Waals surface area contributed by atoms with Gasteiger partial charge in [-0.2, -0.15) is 0 Å². The Morgan fingerprint density at radius 2 is 1.23 bits per heavy atom. The van der Waals surface area contributed by atoms with Crippen molar-refractivity contribution in [3.05, 3.63) is 121 Å². The summed E-state index contributed by atoms with van der Waals surface area (Å²) >= 11 is 0. The first-order chi connectivity index (χ1) is 17.2. The maximum Gasteiger partial charge on any atom is 0.220 e. The standard InChI is InChI=1S/C33H25N2/c1-22-9-3-4-10-25(22)33-30-17-15-23-21-24(16-18-26(23)27(30)19-20-34(33)2)35-31-13-7-5-11-28(31)29-12-6-8-14-32(29)35/h3-21H,1-2H3/q+1. The molecule has 0 unspecified atom stereocenters. The van der Waals surface area contributed by atoms with Crippen LogP contribution in [0.15, 0.2) is 115 Å². The van der Waals surface area contributed by atoms with Gasteiger partial charge < -0.3 is 4.57 Å². The molecule has 0 fully saturated rings. The average Bonchev–Trinajstić information content (AvgIpc) is 3.23. The third-order valence-electron chi connectivity index (χ3n) is 7.36. The molecule has 0 aliphatic rings. The van der Waals surface area contributed by atoms with E-state index in [1.54, 1.807) is 0 Å². The Morgan fingerprint density at radius 1 is 0.571 bits per heavy atom. The second-order valence-corrected chi connectivity index (χ2v) is 9.39. The van der Waals surface area contributed by atoms with Gasteiger partial charge >= 0.3 is 0 Å². The fourth-order valence-corrected chi connectivity index (χ4v) is 5.69. The summed E-state index contributed by atoms with van der Waals surface area (Å²) in [5, 5.41) is 7.67. The highest BCUT2D eigenvalue weighted by Gasteiger charge is 2.18. The molecule has 0 atom stereocenters. The van der Waals surface area contributed by atoms with Crippen LogP contribution >= 0.6 is 0 Å². The van der Waals surface area contributed by atoms with Gasteiger partial charge in [0.2, 0.25) is 5.69 Å². The summed E-state index contributed by atoms with van der Waals surface area (Å²) in [4.78, 5) is 0. The zero-order chi connectivity index (χ0) is 23.5. The lowest BCUT2D eigenvalue weighted by Crippen LogP contribution is -2.30. The van der Waals surface area contributed by atoms with E-state index in [0.29, 0.717) is 0 Å². The largest absolute Gasteiger partial charge is 0.309 e. The van der Waals surface area contributed by atoms with Crippen molar-refractivity contribution in [1.29, 1.82) is 0 Å². The van der Waals surface area contributed by atoms with Gasteiger partial charge in [0.05, 0.1) is 16.4 Å². The maximum absolute atomic E-state index is 2.39. The fraction of sp³-hybridized carbons (Fsp3) is 0.0606. The number of aryl methyl sites for hydroxylation is 2. The van der Waals surface area contributed by atoms with Crippen molar-refractivity contribution in [2.24, 2.45) is 7.05 Å². The lowest BCUT2D eigenvalue weighted by atomic mass is 9.96. The average molecular weight is 450 g/mol. The van der Waals surface area contributed by atoms with Gasteiger partial charge in [-0.1, -0.05) is 66.7 Å². The van der Waals surface area contributed by atoms with E-state index in [0.717, 1.165) is 0 Å². The molecule has 2 heterocycles. The molecule has 0 amide bonds. The Balaban J connectivity index is 1.50. The molecule has 2 heteroatoms. The van der Waals surface area contributed by atoms with Crippen molar-refractivity contribution in [3.63, 3.8) is 0 Å². The van der Waals surface area contributed by atoms with Crippen LogP contribution in [0.2, 0.25) is 0 Å². The Hall–Kier alpha value is -4.43. The number of pyridine rings is 1. The van der Waals surface area contributed by atoms with Gasteiger partial charge in [-0.05, 0) is 59.7 Å². The number of fused-ring (bicyclic) bond motifs is 6. The topological polar surface area (TPSA) is 8.81 Å². The van der Waals surface area contributed by atoms with E-state index in [1.165, 1.54) is 65.9 Å². The van der Waals surface area contributed by atoms with E-state index in [1.807, 2.05) is 0 Å². The zero-order valence-electron chi connectivity index (χ0n) is 19.9. The lowest BCUT2D eigenvalue weighted by molar-refractivity contribution is -0.659. The number of hydrogen-bond acceptors (Lipinski definition) is 0. The first-order valence-electron chi connectivity index (χ1n) is 12.1. The SMILES string of the molecule is Cc1ccccc1-c1c2ccc3cc(-n4c5ccccc5c5ccccc54)ccc3c2cc[n+]1C. The Labute approximate surface area is 204 Å². The molecule has 7 rings (SSSR count). The van der Waals surface area contributed by atoms with Crippen LogP contribution < -0.4 is 4.57 Å². The van der Waals surface area contributed by atoms with Crippen LogP contribution in [-0.4, -0.2) is 4.57 Å². The van der Waals surface area contributed by atoms with Crippen LogP contribution in [0.3, 0.4) is 0 Å². The minimum absolute atomic E-state index is 1.19. The molecule has 35 heavy (non-hydrogen) atoms. The second-order valence-electron chi connectivity index (χ2n) is 9.39. The number of benzene rings is 5. The number of nitrogens with zero attached hydrogens (tertiary/aromatic N) is 2. The molecule has 0 saturated carbocycles. The van der Waals surface area contributed by atoms with Crippen LogP contribution in [0, 0.1) is 6.92 Å². The molecule has 2 aromatic heterocycles. The minimum atomic E-state index is 1.19. The van der Waals surface area contributed by atoms with E-state index in [2.05, 4.69) is 138 Å². The van der Waals surface area contributed by atoms with E-state index in [4.69, 9.17) is 0 Å². The highest BCUT2D eigenvalue weighted by atomic mass is 15.0. The molecule has 0 saturated heterocycles. The smallest absolute Gasteiger partial charge is 0.220 e. The van der Waals surface area contributed by atoms with Crippen molar-refractivity contribution in [1.82, 2.24) is 4.57 Å². The monoisotopic (exact) mass is 449 g/mol. The molecule has 166 valence electrons. The molecule has 0 aliphatic heterocycles. The first kappa shape index (κ1) is 20.0. The van der Waals surface area contributed by atoms with Gasteiger partial charge in [-0.15, -0.1) is 0 Å². The Bertz CT molecular complexity index is 1870. The van der Waals surface area contributed by atoms with Crippen LogP contribution in [0.4, 0.5) is 0 Å². The molecular weight excluding hydrogens is 424 g/mol. The molecule has 7 aromatic rings. The van der Waals surface area contributed by atoms with Crippen molar-refractivity contribution < 1.29 is 4.57 Å². The van der Waals surface area contributed by atoms with E-state index >= 15 is 0 Å². The highest BCUT2D eigenvalue weighted by Crippen LogP contribution is 2.35. The van der Waals surface area contributed by atoms with Crippen molar-refractivity contribution >= 4 is 43.4 Å². The summed E-state index contributed by atoms with van der Waals surface area (Å²) < 4.78 is 4.63. The van der Waals surface area contributed by atoms with Gasteiger partial charge in [0.15, 0.2) is 6.20 Å². The van der Waals surface area contributed by atoms with Crippen LogP contribution in [-0.2, 0) is 7.05 Å². The summed E-state index contributed by atoms with van der Waals surface area (Å²) in [7, 11) is 2.14. The summed E-state index contributed by atoms with van der Waals surface area (Å²) in [5.41, 5.74) is 7.49. The predicted molar refractivity (Wildman–Crippen MR) is 147 cm³/mol. The van der Waals surface area contributed by atoms with Gasteiger partial charge in [0.1, 0.15) is 7.05 Å². The van der Waals surface area contributed by atoms with Crippen LogP contribution in [0.5, 0.6) is 0 Å². The quantitative estimate of drug-likeness (QED) is 0.187. The summed E-state index contributed by atoms with van der Waals surface area (Å²) in [6, 6.07) is 39.7. The van der Waals surface area contributed by atoms with E-state index in [-0.39, 0.29) is 0 Å². The normalized spacial score (nSPS) is 11.7. The molecular formula is C33H25N2+. The molecule has 0 N–H and O–H groups in total. The molecule has 0 radical (unpaired) electrons. The fourth-order valence-electron chi connectivity index (χ4n) is 5.69. The molecule has 5 aromatic carbocycles. The summed E-state index contributed by atoms with van der Waals surface area (Å²) in [6.45, 7) is 2.19. The van der Waals surface area contributed by atoms with Gasteiger partial charge in [0.25, 0.3) is 0 Å². The molecule has 2 nitrogen and oxygen atoms in total. The summed E-state index contributed by atoms with van der Waals surface area (Å²) in [5.74, 6) is 0. The van der Waals surface area contributed by atoms with Crippen LogP contribution in [0.25, 0.3) is 60.3 Å². The number of hydrogen-bond donors (Lipinski definition) is 0. The van der Waals surface area contributed by atoms with Crippen LogP contribution in [0.1, 0.15) is 5.56 Å². The van der Waals surface area contributed by atoms with E-state index < -0.39 is 0 Å². The van der Waals surface area contributed by atoms with Crippen molar-refractivity contribution in [2.45, 2.75) is 6.92 Å². The van der Waals surface area contributed by atoms with Gasteiger partial charge in [-0.3, -0.25) is 0 Å². The maximum atomic E-state index is 2.39. The summed E-state index contributed by atoms with van der Waals surface area (Å²) in [6.07, 6.45) is 2.18. The zero-order valence-corrected chi connectivity index (χ0v) is 19.9. The number of aromatic nitrogens is 2. The minimum Gasteiger partial charge on any atom is -0.309 e. The Morgan fingerprint density at radius 3 is 1.97 bits per heavy atom. The molecule has 0 aliphatic carbocycles. The Kier molecular flexibility index (Phi) is 4.31.